The van der Waals surface area contributed by atoms with E-state index in [0.29, 0.717) is 0 Å². The van der Waals surface area contributed by atoms with Crippen LogP contribution < -0.4 is 0 Å². The Morgan fingerprint density at radius 1 is 1.04 bits per heavy atom. The molecule has 132 valence electrons. The summed E-state index contributed by atoms with van der Waals surface area (Å²) in [7, 11) is 0. The molecule has 1 aliphatic rings. The number of hydrogen-bond acceptors (Lipinski definition) is 1. The molecule has 0 aliphatic heterocycles. The maximum Gasteiger partial charge on any atom is 0.0717 e. The summed E-state index contributed by atoms with van der Waals surface area (Å²) in [5, 5.41) is 0. The second kappa shape index (κ2) is 11.3. The van der Waals surface area contributed by atoms with Crippen LogP contribution in [0, 0.1) is 11.8 Å². The molecule has 0 saturated heterocycles. The molecule has 1 aromatic rings. The molecule has 1 saturated carbocycles. The Hall–Kier alpha value is -1.34. The van der Waals surface area contributed by atoms with Gasteiger partial charge in [0.05, 0.1) is 13.2 Å². The number of hydrogen-bond donors (Lipinski definition) is 0. The molecular weight excluding hydrogens is 292 g/mol. The largest absolute Gasteiger partial charge is 0.376 e. The standard InChI is InChI=1S/C23H34O/c1-3-5-6-18-24-19-23-16-14-22(15-17-23)13-12-21-10-8-20(7-4-2)9-11-21/h3-5,14-17,20-21H,2,6-13,18-19H2,1H3/b5-3+/t20-,21-. The van der Waals surface area contributed by atoms with Crippen molar-refractivity contribution in [2.45, 2.75) is 64.9 Å². The molecule has 0 spiro atoms. The van der Waals surface area contributed by atoms with Crippen molar-refractivity contribution in [1.29, 1.82) is 0 Å². The Balaban J connectivity index is 1.64. The Morgan fingerprint density at radius 2 is 1.71 bits per heavy atom. The summed E-state index contributed by atoms with van der Waals surface area (Å²) >= 11 is 0. The highest BCUT2D eigenvalue weighted by Crippen LogP contribution is 2.33. The number of allylic oxidation sites excluding steroid dienone is 2. The second-order valence-corrected chi connectivity index (χ2v) is 7.18. The van der Waals surface area contributed by atoms with E-state index in [2.05, 4.69) is 49.1 Å². The Kier molecular flexibility index (Phi) is 8.91. The van der Waals surface area contributed by atoms with Crippen molar-refractivity contribution in [2.75, 3.05) is 6.61 Å². The first-order valence-electron chi connectivity index (χ1n) is 9.69. The van der Waals surface area contributed by atoms with Crippen molar-refractivity contribution in [1.82, 2.24) is 0 Å². The summed E-state index contributed by atoms with van der Waals surface area (Å²) in [4.78, 5) is 0. The fraction of sp³-hybridized carbons (Fsp3) is 0.565. The van der Waals surface area contributed by atoms with Crippen LogP contribution in [0.25, 0.3) is 0 Å². The van der Waals surface area contributed by atoms with Crippen LogP contribution >= 0.6 is 0 Å². The van der Waals surface area contributed by atoms with Crippen LogP contribution in [0.5, 0.6) is 0 Å². The quantitative estimate of drug-likeness (QED) is 0.353. The average Bonchev–Trinajstić information content (AvgIpc) is 2.62. The molecular formula is C23H34O. The van der Waals surface area contributed by atoms with E-state index in [0.717, 1.165) is 31.5 Å². The van der Waals surface area contributed by atoms with Gasteiger partial charge in [0.2, 0.25) is 0 Å². The zero-order valence-electron chi connectivity index (χ0n) is 15.4. The van der Waals surface area contributed by atoms with Crippen molar-refractivity contribution in [3.05, 3.63) is 60.2 Å². The van der Waals surface area contributed by atoms with Gasteiger partial charge in [-0.15, -0.1) is 6.58 Å². The summed E-state index contributed by atoms with van der Waals surface area (Å²) in [6.45, 7) is 7.46. The second-order valence-electron chi connectivity index (χ2n) is 7.18. The number of ether oxygens (including phenoxy) is 1. The minimum Gasteiger partial charge on any atom is -0.376 e. The Morgan fingerprint density at radius 3 is 2.38 bits per heavy atom. The van der Waals surface area contributed by atoms with Gasteiger partial charge in [0.15, 0.2) is 0 Å². The molecule has 0 bridgehead atoms. The lowest BCUT2D eigenvalue weighted by Crippen LogP contribution is -2.14. The first kappa shape index (κ1) is 19.0. The summed E-state index contributed by atoms with van der Waals surface area (Å²) in [5.74, 6) is 1.84. The molecule has 2 rings (SSSR count). The number of benzene rings is 1. The van der Waals surface area contributed by atoms with Gasteiger partial charge in [0, 0.05) is 0 Å². The van der Waals surface area contributed by atoms with Crippen molar-refractivity contribution in [3.63, 3.8) is 0 Å². The average molecular weight is 327 g/mol. The first-order valence-corrected chi connectivity index (χ1v) is 9.69. The predicted molar refractivity (Wildman–Crippen MR) is 104 cm³/mol. The summed E-state index contributed by atoms with van der Waals surface area (Å²) < 4.78 is 5.69. The van der Waals surface area contributed by atoms with Crippen LogP contribution in [-0.4, -0.2) is 6.61 Å². The van der Waals surface area contributed by atoms with E-state index in [-0.39, 0.29) is 0 Å². The van der Waals surface area contributed by atoms with Gasteiger partial charge in [-0.1, -0.05) is 55.3 Å². The molecule has 24 heavy (non-hydrogen) atoms. The third kappa shape index (κ3) is 7.05. The molecule has 1 aromatic carbocycles. The van der Waals surface area contributed by atoms with Crippen LogP contribution in [0.1, 0.15) is 63.0 Å². The smallest absolute Gasteiger partial charge is 0.0717 e. The van der Waals surface area contributed by atoms with Crippen molar-refractivity contribution >= 4 is 0 Å². The zero-order valence-corrected chi connectivity index (χ0v) is 15.4. The van der Waals surface area contributed by atoms with Crippen LogP contribution in [0.4, 0.5) is 0 Å². The van der Waals surface area contributed by atoms with Crippen LogP contribution in [0.3, 0.4) is 0 Å². The number of aryl methyl sites for hydroxylation is 1. The third-order valence-electron chi connectivity index (χ3n) is 5.26. The molecule has 1 fully saturated rings. The first-order chi connectivity index (χ1) is 11.8. The Bertz CT molecular complexity index is 477. The maximum atomic E-state index is 5.69. The van der Waals surface area contributed by atoms with Gasteiger partial charge >= 0.3 is 0 Å². The maximum absolute atomic E-state index is 5.69. The minimum absolute atomic E-state index is 0.727. The zero-order chi connectivity index (χ0) is 17.0. The molecule has 0 heterocycles. The fourth-order valence-corrected chi connectivity index (χ4v) is 3.67. The lowest BCUT2D eigenvalue weighted by atomic mass is 9.78. The molecule has 0 atom stereocenters. The predicted octanol–water partition coefficient (Wildman–Crippen LogP) is 6.48. The van der Waals surface area contributed by atoms with E-state index in [1.165, 1.54) is 56.1 Å². The summed E-state index contributed by atoms with van der Waals surface area (Å²) in [6.07, 6.45) is 16.7. The summed E-state index contributed by atoms with van der Waals surface area (Å²) in [6, 6.07) is 9.03. The minimum atomic E-state index is 0.727. The van der Waals surface area contributed by atoms with Gasteiger partial charge in [-0.25, -0.2) is 0 Å². The van der Waals surface area contributed by atoms with E-state index in [4.69, 9.17) is 4.74 Å². The van der Waals surface area contributed by atoms with E-state index in [1.807, 2.05) is 6.92 Å². The molecule has 0 radical (unpaired) electrons. The molecule has 0 amide bonds. The lowest BCUT2D eigenvalue weighted by molar-refractivity contribution is 0.125. The van der Waals surface area contributed by atoms with Crippen LogP contribution in [0.2, 0.25) is 0 Å². The SMILES string of the molecule is C=CC[C@H]1CC[C@H](CCc2ccc(COCC/C=C/C)cc2)CC1. The summed E-state index contributed by atoms with van der Waals surface area (Å²) in [5.41, 5.74) is 2.75. The highest BCUT2D eigenvalue weighted by Gasteiger charge is 2.19. The molecule has 1 aliphatic carbocycles. The van der Waals surface area contributed by atoms with Crippen LogP contribution in [-0.2, 0) is 17.8 Å². The van der Waals surface area contributed by atoms with E-state index < -0.39 is 0 Å². The van der Waals surface area contributed by atoms with E-state index in [9.17, 15) is 0 Å². The fourth-order valence-electron chi connectivity index (χ4n) is 3.67. The van der Waals surface area contributed by atoms with Gasteiger partial charge in [-0.3, -0.25) is 0 Å². The van der Waals surface area contributed by atoms with Crippen molar-refractivity contribution < 1.29 is 4.74 Å². The highest BCUT2D eigenvalue weighted by atomic mass is 16.5. The molecule has 0 unspecified atom stereocenters. The molecule has 0 aromatic heterocycles. The van der Waals surface area contributed by atoms with Gasteiger partial charge in [0.25, 0.3) is 0 Å². The molecule has 1 heteroatoms. The van der Waals surface area contributed by atoms with Gasteiger partial charge < -0.3 is 4.74 Å². The van der Waals surface area contributed by atoms with Crippen LogP contribution in [0.15, 0.2) is 49.1 Å². The normalized spacial score (nSPS) is 21.2. The third-order valence-corrected chi connectivity index (χ3v) is 5.26. The van der Waals surface area contributed by atoms with Crippen molar-refractivity contribution in [3.8, 4) is 0 Å². The van der Waals surface area contributed by atoms with Gasteiger partial charge in [-0.05, 0) is 68.4 Å². The number of rotatable bonds is 10. The van der Waals surface area contributed by atoms with Gasteiger partial charge in [-0.2, -0.15) is 0 Å². The van der Waals surface area contributed by atoms with E-state index >= 15 is 0 Å². The monoisotopic (exact) mass is 326 g/mol. The van der Waals surface area contributed by atoms with E-state index in [1.54, 1.807) is 0 Å². The van der Waals surface area contributed by atoms with Crippen molar-refractivity contribution in [2.24, 2.45) is 11.8 Å². The Labute approximate surface area is 148 Å². The topological polar surface area (TPSA) is 9.23 Å². The highest BCUT2D eigenvalue weighted by molar-refractivity contribution is 5.22. The lowest BCUT2D eigenvalue weighted by Gasteiger charge is -2.27. The molecule has 0 N–H and O–H groups in total. The molecule has 1 nitrogen and oxygen atoms in total. The van der Waals surface area contributed by atoms with Gasteiger partial charge in [0.1, 0.15) is 0 Å².